The summed E-state index contributed by atoms with van der Waals surface area (Å²) >= 11 is 0. The highest BCUT2D eigenvalue weighted by Gasteiger charge is 2.36. The van der Waals surface area contributed by atoms with E-state index in [4.69, 9.17) is 9.47 Å². The molecule has 8 heteroatoms. The Morgan fingerprint density at radius 3 is 1.56 bits per heavy atom. The summed E-state index contributed by atoms with van der Waals surface area (Å²) in [4.78, 5) is 24.8. The van der Waals surface area contributed by atoms with Crippen LogP contribution in [0.25, 0.3) is 0 Å². The molecule has 0 aliphatic rings. The Hall–Kier alpha value is -1.15. The van der Waals surface area contributed by atoms with E-state index in [-0.39, 0.29) is 0 Å². The van der Waals surface area contributed by atoms with Crippen LogP contribution in [0.3, 0.4) is 0 Å². The van der Waals surface area contributed by atoms with E-state index in [9.17, 15) is 22.6 Å². The zero-order chi connectivity index (χ0) is 26.1. The Balaban J connectivity index is 4.76. The van der Waals surface area contributed by atoms with E-state index in [2.05, 4.69) is 27.7 Å². The molecule has 0 heterocycles. The van der Waals surface area contributed by atoms with Gasteiger partial charge in [0.05, 0.1) is 18.6 Å². The maximum atomic E-state index is 12.5. The first-order chi connectivity index (χ1) is 16.0. The minimum absolute atomic E-state index is 0.394. The summed E-state index contributed by atoms with van der Waals surface area (Å²) < 4.78 is 43.8. The van der Waals surface area contributed by atoms with Gasteiger partial charge in [0.25, 0.3) is 10.1 Å². The van der Waals surface area contributed by atoms with Crippen LogP contribution in [0.4, 0.5) is 0 Å². The Morgan fingerprint density at radius 2 is 1.18 bits per heavy atom. The van der Waals surface area contributed by atoms with E-state index in [1.54, 1.807) is 13.8 Å². The van der Waals surface area contributed by atoms with E-state index < -0.39 is 45.9 Å². The molecule has 0 amide bonds. The van der Waals surface area contributed by atoms with Crippen LogP contribution in [-0.2, 0) is 29.2 Å². The van der Waals surface area contributed by atoms with Crippen LogP contribution in [0, 0.1) is 11.8 Å². The van der Waals surface area contributed by atoms with Gasteiger partial charge in [-0.1, -0.05) is 79.1 Å². The molecule has 0 aromatic rings. The predicted octanol–water partition coefficient (Wildman–Crippen LogP) is 6.49. The van der Waals surface area contributed by atoms with Crippen molar-refractivity contribution in [2.24, 2.45) is 11.8 Å². The number of carbonyl (C=O) groups is 2. The van der Waals surface area contributed by atoms with Crippen LogP contribution in [0.5, 0.6) is 0 Å². The maximum absolute atomic E-state index is 12.5. The summed E-state index contributed by atoms with van der Waals surface area (Å²) in [5.74, 6) is -0.833. The number of hydrogen-bond acceptors (Lipinski definition) is 6. The fraction of sp³-hybridized carbons (Fsp3) is 0.923. The predicted molar refractivity (Wildman–Crippen MR) is 136 cm³/mol. The molecule has 5 atom stereocenters. The van der Waals surface area contributed by atoms with E-state index >= 15 is 0 Å². The van der Waals surface area contributed by atoms with Crippen molar-refractivity contribution in [3.63, 3.8) is 0 Å². The van der Waals surface area contributed by atoms with Crippen molar-refractivity contribution < 1.29 is 32.0 Å². The molecule has 0 aromatic carbocycles. The van der Waals surface area contributed by atoms with E-state index in [1.165, 1.54) is 6.42 Å². The normalized spacial score (nSPS) is 16.3. The Bertz CT molecular complexity index is 662. The largest absolute Gasteiger partial charge is 0.463 e. The third-order valence-corrected chi connectivity index (χ3v) is 7.75. The second-order valence-corrected chi connectivity index (χ2v) is 11.3. The first-order valence-corrected chi connectivity index (χ1v) is 14.8. The van der Waals surface area contributed by atoms with Crippen LogP contribution in [0.1, 0.15) is 125 Å². The van der Waals surface area contributed by atoms with Gasteiger partial charge in [0, 0.05) is 0 Å². The van der Waals surface area contributed by atoms with Gasteiger partial charge in [-0.3, -0.25) is 14.1 Å². The Kier molecular flexibility index (Phi) is 17.6. The lowest BCUT2D eigenvalue weighted by molar-refractivity contribution is -0.155. The first kappa shape index (κ1) is 32.8. The third-order valence-electron chi connectivity index (χ3n) is 6.67. The van der Waals surface area contributed by atoms with Gasteiger partial charge in [-0.25, -0.2) is 0 Å². The average Bonchev–Trinajstić information content (AvgIpc) is 2.76. The molecule has 7 nitrogen and oxygen atoms in total. The van der Waals surface area contributed by atoms with Gasteiger partial charge in [0.15, 0.2) is 5.25 Å². The van der Waals surface area contributed by atoms with Crippen molar-refractivity contribution in [2.75, 3.05) is 0 Å². The van der Waals surface area contributed by atoms with Crippen LogP contribution < -0.4 is 0 Å². The zero-order valence-corrected chi connectivity index (χ0v) is 23.2. The fourth-order valence-electron chi connectivity index (χ4n) is 4.16. The highest BCUT2D eigenvalue weighted by Crippen LogP contribution is 2.22. The molecule has 0 spiro atoms. The quantitative estimate of drug-likeness (QED) is 0.148. The van der Waals surface area contributed by atoms with Crippen LogP contribution in [-0.4, -0.2) is 42.4 Å². The molecule has 0 radical (unpaired) electrons. The molecular weight excluding hydrogens is 456 g/mol. The van der Waals surface area contributed by atoms with Crippen LogP contribution in [0.15, 0.2) is 0 Å². The highest BCUT2D eigenvalue weighted by molar-refractivity contribution is 7.87. The van der Waals surface area contributed by atoms with Gasteiger partial charge >= 0.3 is 11.9 Å². The number of carbonyl (C=O) groups excluding carboxylic acids is 2. The van der Waals surface area contributed by atoms with Gasteiger partial charge in [-0.05, 0) is 51.4 Å². The summed E-state index contributed by atoms with van der Waals surface area (Å²) in [6.07, 6.45) is 10.4. The molecular formula is C26H50O7S. The van der Waals surface area contributed by atoms with Gasteiger partial charge in [-0.15, -0.1) is 0 Å². The lowest BCUT2D eigenvalue weighted by Gasteiger charge is -2.21. The molecule has 0 bridgehead atoms. The van der Waals surface area contributed by atoms with Gasteiger partial charge < -0.3 is 9.47 Å². The summed E-state index contributed by atoms with van der Waals surface area (Å²) in [5, 5.41) is -1.97. The molecule has 0 saturated heterocycles. The van der Waals surface area contributed by atoms with Crippen molar-refractivity contribution in [1.29, 1.82) is 0 Å². The zero-order valence-electron chi connectivity index (χ0n) is 22.4. The first-order valence-electron chi connectivity index (χ1n) is 13.3. The topological polar surface area (TPSA) is 107 Å². The monoisotopic (exact) mass is 506 g/mol. The second kappa shape index (κ2) is 18.2. The summed E-state index contributed by atoms with van der Waals surface area (Å²) in [6, 6.07) is 0. The van der Waals surface area contributed by atoms with Crippen LogP contribution in [0.2, 0.25) is 0 Å². The number of rotatable bonds is 20. The second-order valence-electron chi connectivity index (χ2n) is 9.74. The smallest absolute Gasteiger partial charge is 0.327 e. The number of hydrogen-bond donors (Lipinski definition) is 1. The van der Waals surface area contributed by atoms with E-state index in [0.717, 1.165) is 57.8 Å². The molecule has 0 rings (SSSR count). The molecule has 0 aliphatic carbocycles. The van der Waals surface area contributed by atoms with Crippen molar-refractivity contribution in [2.45, 2.75) is 142 Å². The van der Waals surface area contributed by atoms with Crippen molar-refractivity contribution >= 4 is 22.1 Å². The Labute approximate surface area is 208 Å². The van der Waals surface area contributed by atoms with E-state index in [1.807, 2.05) is 0 Å². The van der Waals surface area contributed by atoms with Crippen molar-refractivity contribution in [3.05, 3.63) is 0 Å². The molecule has 0 saturated carbocycles. The molecule has 202 valence electrons. The maximum Gasteiger partial charge on any atom is 0.327 e. The molecule has 0 fully saturated rings. The lowest BCUT2D eigenvalue weighted by Crippen LogP contribution is -2.36. The average molecular weight is 507 g/mol. The summed E-state index contributed by atoms with van der Waals surface area (Å²) in [7, 11) is -4.80. The van der Waals surface area contributed by atoms with Gasteiger partial charge in [0.2, 0.25) is 0 Å². The van der Waals surface area contributed by atoms with Gasteiger partial charge in [0.1, 0.15) is 0 Å². The summed E-state index contributed by atoms with van der Waals surface area (Å²) in [5.41, 5.74) is 0. The Morgan fingerprint density at radius 1 is 0.735 bits per heavy atom. The molecule has 5 unspecified atom stereocenters. The van der Waals surface area contributed by atoms with Crippen molar-refractivity contribution in [1.82, 2.24) is 0 Å². The molecule has 34 heavy (non-hydrogen) atoms. The molecule has 0 aromatic heterocycles. The third kappa shape index (κ3) is 15.0. The minimum atomic E-state index is -4.80. The number of ether oxygens (including phenoxy) is 2. The number of unbranched alkanes of at least 4 members (excludes halogenated alkanes) is 2. The number of esters is 2. The SMILES string of the molecule is CCCCC(CC)CCC(C)OC(=O)CC(C(=O)OC(C)CCC(CC)CCCC)S(=O)(=O)O. The van der Waals surface area contributed by atoms with E-state index in [0.29, 0.717) is 24.7 Å². The standard InChI is InChI=1S/C26H50O7S/c1-7-11-13-22(9-3)17-15-20(5)32-25(27)19-24(34(29,30)31)26(28)33-21(6)16-18-23(10-4)14-12-8-2/h20-24H,7-19H2,1-6H3,(H,29,30,31). The highest BCUT2D eigenvalue weighted by atomic mass is 32.2. The van der Waals surface area contributed by atoms with Crippen LogP contribution >= 0.6 is 0 Å². The van der Waals surface area contributed by atoms with Crippen molar-refractivity contribution in [3.8, 4) is 0 Å². The summed E-state index contributed by atoms with van der Waals surface area (Å²) in [6.45, 7) is 12.0. The lowest BCUT2D eigenvalue weighted by atomic mass is 9.93. The minimum Gasteiger partial charge on any atom is -0.463 e. The fourth-order valence-corrected chi connectivity index (χ4v) is 4.80. The molecule has 1 N–H and O–H groups in total. The molecule has 0 aliphatic heterocycles. The van der Waals surface area contributed by atoms with Gasteiger partial charge in [-0.2, -0.15) is 8.42 Å².